The van der Waals surface area contributed by atoms with E-state index in [9.17, 15) is 14.0 Å². The minimum Gasteiger partial charge on any atom is -0.356 e. The van der Waals surface area contributed by atoms with Crippen LogP contribution in [0.5, 0.6) is 0 Å². The monoisotopic (exact) mass is 465 g/mol. The van der Waals surface area contributed by atoms with Crippen LogP contribution >= 0.6 is 0 Å². The van der Waals surface area contributed by atoms with Gasteiger partial charge in [-0.2, -0.15) is 14.6 Å². The average molecular weight is 466 g/mol. The van der Waals surface area contributed by atoms with Crippen molar-refractivity contribution in [3.8, 4) is 0 Å². The van der Waals surface area contributed by atoms with Gasteiger partial charge in [0.2, 0.25) is 11.8 Å². The van der Waals surface area contributed by atoms with Crippen LogP contribution < -0.4 is 15.5 Å². The second-order valence-corrected chi connectivity index (χ2v) is 9.04. The third-order valence-corrected chi connectivity index (χ3v) is 6.61. The van der Waals surface area contributed by atoms with Crippen LogP contribution in [0.3, 0.4) is 0 Å². The summed E-state index contributed by atoms with van der Waals surface area (Å²) >= 11 is 0. The van der Waals surface area contributed by atoms with Crippen molar-refractivity contribution in [3.63, 3.8) is 0 Å². The molecule has 0 unspecified atom stereocenters. The highest BCUT2D eigenvalue weighted by Gasteiger charge is 2.29. The van der Waals surface area contributed by atoms with Gasteiger partial charge in [-0.1, -0.05) is 12.1 Å². The number of hydrogen-bond acceptors (Lipinski definition) is 6. The SMILES string of the molecule is CC(=O)N[C@H](Cc1ccc(F)cc1)C(=O)NC1CCN(c2c3c(nc4ncnn24)CCC3)CC1. The van der Waals surface area contributed by atoms with Crippen molar-refractivity contribution < 1.29 is 14.0 Å². The number of carbonyl (C=O) groups is 2. The normalized spacial score (nSPS) is 16.9. The van der Waals surface area contributed by atoms with Gasteiger partial charge in [0.1, 0.15) is 24.0 Å². The average Bonchev–Trinajstić information content (AvgIpc) is 3.48. The van der Waals surface area contributed by atoms with Gasteiger partial charge < -0.3 is 15.5 Å². The van der Waals surface area contributed by atoms with Gasteiger partial charge in [0, 0.05) is 38.0 Å². The first-order valence-corrected chi connectivity index (χ1v) is 11.8. The maximum Gasteiger partial charge on any atom is 0.254 e. The van der Waals surface area contributed by atoms with E-state index in [1.54, 1.807) is 12.1 Å². The van der Waals surface area contributed by atoms with E-state index in [2.05, 4.69) is 30.6 Å². The second-order valence-electron chi connectivity index (χ2n) is 9.04. The fourth-order valence-electron chi connectivity index (χ4n) is 4.97. The Kier molecular flexibility index (Phi) is 6.12. The Morgan fingerprint density at radius 2 is 1.94 bits per heavy atom. The molecular formula is C24H28FN7O2. The highest BCUT2D eigenvalue weighted by molar-refractivity contribution is 5.87. The van der Waals surface area contributed by atoms with E-state index in [4.69, 9.17) is 0 Å². The lowest BCUT2D eigenvalue weighted by Gasteiger charge is -2.35. The molecular weight excluding hydrogens is 437 g/mol. The predicted octanol–water partition coefficient (Wildman–Crippen LogP) is 1.58. The van der Waals surface area contributed by atoms with Gasteiger partial charge in [-0.05, 0) is 49.8 Å². The van der Waals surface area contributed by atoms with Crippen LogP contribution in [-0.4, -0.2) is 56.6 Å². The number of halogens is 1. The van der Waals surface area contributed by atoms with Crippen LogP contribution in [0, 0.1) is 5.82 Å². The molecule has 178 valence electrons. The number of benzene rings is 1. The molecule has 2 aliphatic rings. The van der Waals surface area contributed by atoms with Crippen molar-refractivity contribution in [2.24, 2.45) is 0 Å². The molecule has 1 atom stereocenters. The van der Waals surface area contributed by atoms with Crippen molar-refractivity contribution in [1.82, 2.24) is 30.2 Å². The molecule has 34 heavy (non-hydrogen) atoms. The first kappa shape index (κ1) is 22.2. The van der Waals surface area contributed by atoms with Crippen molar-refractivity contribution in [3.05, 3.63) is 53.2 Å². The summed E-state index contributed by atoms with van der Waals surface area (Å²) in [7, 11) is 0. The smallest absolute Gasteiger partial charge is 0.254 e. The van der Waals surface area contributed by atoms with Gasteiger partial charge in [0.15, 0.2) is 0 Å². The molecule has 5 rings (SSSR count). The Hall–Kier alpha value is -3.56. The van der Waals surface area contributed by atoms with Gasteiger partial charge in [-0.3, -0.25) is 9.59 Å². The Morgan fingerprint density at radius 1 is 1.18 bits per heavy atom. The fourth-order valence-corrected chi connectivity index (χ4v) is 4.97. The lowest BCUT2D eigenvalue weighted by atomic mass is 10.0. The summed E-state index contributed by atoms with van der Waals surface area (Å²) in [6, 6.07) is 5.28. The molecule has 0 spiro atoms. The molecule has 3 heterocycles. The van der Waals surface area contributed by atoms with E-state index in [0.717, 1.165) is 62.3 Å². The van der Waals surface area contributed by atoms with Gasteiger partial charge in [-0.25, -0.2) is 9.37 Å². The largest absolute Gasteiger partial charge is 0.356 e. The number of anilines is 1. The van der Waals surface area contributed by atoms with Crippen molar-refractivity contribution in [2.75, 3.05) is 18.0 Å². The topological polar surface area (TPSA) is 105 Å². The highest BCUT2D eigenvalue weighted by Crippen LogP contribution is 2.32. The van der Waals surface area contributed by atoms with Crippen molar-refractivity contribution >= 4 is 23.4 Å². The van der Waals surface area contributed by atoms with Gasteiger partial charge in [0.05, 0.1) is 5.69 Å². The van der Waals surface area contributed by atoms with Crippen LogP contribution in [0.2, 0.25) is 0 Å². The zero-order chi connectivity index (χ0) is 23.7. The minimum atomic E-state index is -0.709. The number of piperidine rings is 1. The number of rotatable bonds is 6. The summed E-state index contributed by atoms with van der Waals surface area (Å²) in [4.78, 5) is 36.0. The molecule has 1 aliphatic heterocycles. The van der Waals surface area contributed by atoms with E-state index < -0.39 is 6.04 Å². The van der Waals surface area contributed by atoms with E-state index in [1.165, 1.54) is 30.9 Å². The van der Waals surface area contributed by atoms with E-state index in [0.29, 0.717) is 12.2 Å². The molecule has 2 amide bonds. The fraction of sp³-hybridized carbons (Fsp3) is 0.458. The Morgan fingerprint density at radius 3 is 2.68 bits per heavy atom. The van der Waals surface area contributed by atoms with Gasteiger partial charge in [0.25, 0.3) is 5.78 Å². The van der Waals surface area contributed by atoms with E-state index in [-0.39, 0.29) is 23.7 Å². The highest BCUT2D eigenvalue weighted by atomic mass is 19.1. The molecule has 1 fully saturated rings. The number of carbonyl (C=O) groups excluding carboxylic acids is 2. The first-order valence-electron chi connectivity index (χ1n) is 11.8. The van der Waals surface area contributed by atoms with E-state index in [1.807, 2.05) is 4.52 Å². The lowest BCUT2D eigenvalue weighted by Crippen LogP contribution is -2.52. The summed E-state index contributed by atoms with van der Waals surface area (Å²) < 4.78 is 15.1. The van der Waals surface area contributed by atoms with E-state index >= 15 is 0 Å². The summed E-state index contributed by atoms with van der Waals surface area (Å²) in [5.41, 5.74) is 3.16. The third kappa shape index (κ3) is 4.57. The second kappa shape index (κ2) is 9.36. The standard InChI is InChI=1S/C24H28FN7O2/c1-15(33)28-21(13-16-5-7-17(25)8-6-16)22(34)29-18-9-11-31(12-10-18)23-19-3-2-4-20(19)30-24-26-14-27-32(23)24/h5-8,14,18,21H,2-4,9-13H2,1H3,(H,28,33)(H,29,34)/t21-/m1/s1. The van der Waals surface area contributed by atoms with Crippen LogP contribution in [0.15, 0.2) is 30.6 Å². The number of aromatic nitrogens is 4. The maximum absolute atomic E-state index is 13.2. The molecule has 0 radical (unpaired) electrons. The Balaban J connectivity index is 1.24. The molecule has 10 heteroatoms. The van der Waals surface area contributed by atoms with Crippen LogP contribution in [0.1, 0.15) is 43.0 Å². The molecule has 1 aliphatic carbocycles. The Labute approximate surface area is 196 Å². The first-order chi connectivity index (χ1) is 16.5. The molecule has 2 aromatic heterocycles. The maximum atomic E-state index is 13.2. The minimum absolute atomic E-state index is 0.00866. The molecule has 0 bridgehead atoms. The number of aryl methyl sites for hydroxylation is 1. The Bertz CT molecular complexity index is 1200. The predicted molar refractivity (Wildman–Crippen MR) is 124 cm³/mol. The van der Waals surface area contributed by atoms with Gasteiger partial charge in [-0.15, -0.1) is 0 Å². The summed E-state index contributed by atoms with van der Waals surface area (Å²) in [6.07, 6.45) is 6.45. The van der Waals surface area contributed by atoms with Crippen LogP contribution in [0.25, 0.3) is 5.78 Å². The zero-order valence-electron chi connectivity index (χ0n) is 19.1. The molecule has 1 saturated heterocycles. The lowest BCUT2D eigenvalue weighted by molar-refractivity contribution is -0.128. The van der Waals surface area contributed by atoms with Crippen molar-refractivity contribution in [2.45, 2.75) is 57.5 Å². The molecule has 0 saturated carbocycles. The molecule has 3 aromatic rings. The molecule has 9 nitrogen and oxygen atoms in total. The number of nitrogens with one attached hydrogen (secondary N) is 2. The molecule has 2 N–H and O–H groups in total. The quantitative estimate of drug-likeness (QED) is 0.573. The van der Waals surface area contributed by atoms with Crippen LogP contribution in [-0.2, 0) is 28.9 Å². The van der Waals surface area contributed by atoms with Crippen LogP contribution in [0.4, 0.5) is 10.2 Å². The third-order valence-electron chi connectivity index (χ3n) is 6.61. The zero-order valence-corrected chi connectivity index (χ0v) is 19.1. The summed E-state index contributed by atoms with van der Waals surface area (Å²) in [5, 5.41) is 10.2. The molecule has 1 aromatic carbocycles. The van der Waals surface area contributed by atoms with Gasteiger partial charge >= 0.3 is 0 Å². The number of hydrogen-bond donors (Lipinski definition) is 2. The summed E-state index contributed by atoms with van der Waals surface area (Å²) in [5.74, 6) is 0.873. The number of amides is 2. The summed E-state index contributed by atoms with van der Waals surface area (Å²) in [6.45, 7) is 2.94. The van der Waals surface area contributed by atoms with Crippen molar-refractivity contribution in [1.29, 1.82) is 0 Å². The number of fused-ring (bicyclic) bond motifs is 2. The number of nitrogens with zero attached hydrogens (tertiary/aromatic N) is 5.